The van der Waals surface area contributed by atoms with Gasteiger partial charge in [0, 0.05) is 35.0 Å². The van der Waals surface area contributed by atoms with Gasteiger partial charge >= 0.3 is 0 Å². The first kappa shape index (κ1) is 23.1. The third kappa shape index (κ3) is 5.09. The molecule has 0 bridgehead atoms. The minimum Gasteiger partial charge on any atom is -0.497 e. The molecule has 2 aromatic heterocycles. The molecule has 34 heavy (non-hydrogen) atoms. The van der Waals surface area contributed by atoms with E-state index in [-0.39, 0.29) is 5.82 Å². The molecule has 5 rings (SSSR count). The number of ether oxygens (including phenoxy) is 2. The van der Waals surface area contributed by atoms with Gasteiger partial charge in [-0.15, -0.1) is 0 Å². The number of halogens is 1. The first-order valence-corrected chi connectivity index (χ1v) is 11.3. The maximum absolute atomic E-state index is 14.4. The fourth-order valence-corrected chi connectivity index (χ4v) is 3.73. The number of rotatable bonds is 6. The summed E-state index contributed by atoms with van der Waals surface area (Å²) < 4.78 is 25.5. The number of fused-ring (bicyclic) bond motifs is 1. The Bertz CT molecular complexity index is 1360. The van der Waals surface area contributed by atoms with E-state index in [4.69, 9.17) is 9.47 Å². The van der Waals surface area contributed by atoms with Crippen molar-refractivity contribution >= 4 is 11.0 Å². The molecular weight excluding hydrogens is 427 g/mol. The maximum Gasteiger partial charge on any atom is 0.137 e. The fourth-order valence-electron chi connectivity index (χ4n) is 3.73. The van der Waals surface area contributed by atoms with Gasteiger partial charge in [0.1, 0.15) is 29.6 Å². The second-order valence-corrected chi connectivity index (χ2v) is 7.50. The first-order valence-electron chi connectivity index (χ1n) is 11.3. The highest BCUT2D eigenvalue weighted by Gasteiger charge is 2.12. The van der Waals surface area contributed by atoms with Crippen LogP contribution >= 0.6 is 0 Å². The van der Waals surface area contributed by atoms with E-state index in [0.29, 0.717) is 12.4 Å². The van der Waals surface area contributed by atoms with E-state index < -0.39 is 0 Å². The van der Waals surface area contributed by atoms with E-state index in [1.54, 1.807) is 7.11 Å². The van der Waals surface area contributed by atoms with Crippen LogP contribution in [-0.2, 0) is 6.61 Å². The Hall–Kier alpha value is -4.12. The summed E-state index contributed by atoms with van der Waals surface area (Å²) in [5.41, 5.74) is 5.36. The standard InChI is InChI=1S/C27H21FN2O2.C2H6/c1-31-23-9-7-19(8-10-23)21-13-25-26(16-30-27(25)29-15-21)20-11-22(28)14-24(12-20)32-17-18-5-3-2-4-6-18;1-2/h2-16H,17H2,1H3,(H,29,30);1-2H3. The van der Waals surface area contributed by atoms with Gasteiger partial charge in [0.05, 0.1) is 7.11 Å². The molecule has 0 radical (unpaired) electrons. The van der Waals surface area contributed by atoms with Gasteiger partial charge in [0.15, 0.2) is 0 Å². The van der Waals surface area contributed by atoms with Crippen LogP contribution in [0.5, 0.6) is 11.5 Å². The van der Waals surface area contributed by atoms with Crippen molar-refractivity contribution in [2.45, 2.75) is 20.5 Å². The molecule has 4 nitrogen and oxygen atoms in total. The minimum atomic E-state index is -0.348. The van der Waals surface area contributed by atoms with E-state index in [9.17, 15) is 4.39 Å². The van der Waals surface area contributed by atoms with Crippen LogP contribution in [0.4, 0.5) is 4.39 Å². The number of hydrogen-bond acceptors (Lipinski definition) is 3. The van der Waals surface area contributed by atoms with Crippen molar-refractivity contribution in [1.82, 2.24) is 9.97 Å². The van der Waals surface area contributed by atoms with E-state index >= 15 is 0 Å². The van der Waals surface area contributed by atoms with Crippen molar-refractivity contribution in [2.75, 3.05) is 7.11 Å². The topological polar surface area (TPSA) is 47.1 Å². The lowest BCUT2D eigenvalue weighted by atomic mass is 10.0. The minimum absolute atomic E-state index is 0.348. The Morgan fingerprint density at radius 2 is 1.59 bits per heavy atom. The summed E-state index contributed by atoms with van der Waals surface area (Å²) in [6.07, 6.45) is 3.68. The molecule has 0 spiro atoms. The summed E-state index contributed by atoms with van der Waals surface area (Å²) in [6.45, 7) is 4.38. The van der Waals surface area contributed by atoms with Crippen LogP contribution < -0.4 is 9.47 Å². The number of methoxy groups -OCH3 is 1. The molecule has 3 aromatic carbocycles. The molecule has 2 heterocycles. The number of nitrogens with zero attached hydrogens (tertiary/aromatic N) is 1. The zero-order valence-corrected chi connectivity index (χ0v) is 19.5. The van der Waals surface area contributed by atoms with Crippen molar-refractivity contribution in [1.29, 1.82) is 0 Å². The number of benzene rings is 3. The molecule has 0 aliphatic rings. The lowest BCUT2D eigenvalue weighted by molar-refractivity contribution is 0.305. The predicted octanol–water partition coefficient (Wildman–Crippen LogP) is 7.65. The van der Waals surface area contributed by atoms with Gasteiger partial charge in [-0.25, -0.2) is 9.37 Å². The second-order valence-electron chi connectivity index (χ2n) is 7.50. The zero-order chi connectivity index (χ0) is 23.9. The Kier molecular flexibility index (Phi) is 7.23. The van der Waals surface area contributed by atoms with E-state index in [2.05, 4.69) is 16.0 Å². The van der Waals surface area contributed by atoms with Crippen molar-refractivity contribution in [3.05, 3.63) is 103 Å². The molecule has 0 aliphatic carbocycles. The van der Waals surface area contributed by atoms with Gasteiger partial charge in [-0.05, 0) is 47.0 Å². The largest absolute Gasteiger partial charge is 0.497 e. The first-order chi connectivity index (χ1) is 16.7. The van der Waals surface area contributed by atoms with Crippen LogP contribution in [0.1, 0.15) is 19.4 Å². The summed E-state index contributed by atoms with van der Waals surface area (Å²) >= 11 is 0. The predicted molar refractivity (Wildman–Crippen MR) is 136 cm³/mol. The van der Waals surface area contributed by atoms with Crippen LogP contribution in [0.2, 0.25) is 0 Å². The van der Waals surface area contributed by atoms with Crippen molar-refractivity contribution in [3.63, 3.8) is 0 Å². The Balaban J connectivity index is 0.00000133. The van der Waals surface area contributed by atoms with Crippen molar-refractivity contribution in [2.24, 2.45) is 0 Å². The summed E-state index contributed by atoms with van der Waals surface area (Å²) in [6, 6.07) is 24.5. The summed E-state index contributed by atoms with van der Waals surface area (Å²) in [7, 11) is 1.64. The summed E-state index contributed by atoms with van der Waals surface area (Å²) in [4.78, 5) is 7.74. The monoisotopic (exact) mass is 454 g/mol. The van der Waals surface area contributed by atoms with Crippen molar-refractivity contribution in [3.8, 4) is 33.8 Å². The van der Waals surface area contributed by atoms with Gasteiger partial charge in [0.25, 0.3) is 0 Å². The molecule has 0 amide bonds. The number of aromatic nitrogens is 2. The number of hydrogen-bond donors (Lipinski definition) is 1. The Labute approximate surface area is 199 Å². The zero-order valence-electron chi connectivity index (χ0n) is 19.5. The highest BCUT2D eigenvalue weighted by atomic mass is 19.1. The summed E-state index contributed by atoms with van der Waals surface area (Å²) in [5.74, 6) is 0.935. The Morgan fingerprint density at radius 1 is 0.824 bits per heavy atom. The average molecular weight is 455 g/mol. The van der Waals surface area contributed by atoms with Crippen LogP contribution in [0, 0.1) is 5.82 Å². The van der Waals surface area contributed by atoms with Gasteiger partial charge < -0.3 is 14.5 Å². The van der Waals surface area contributed by atoms with Crippen LogP contribution in [0.25, 0.3) is 33.3 Å². The normalized spacial score (nSPS) is 10.5. The molecule has 1 N–H and O–H groups in total. The third-order valence-electron chi connectivity index (χ3n) is 5.39. The molecular formula is C29H27FN2O2. The molecule has 0 saturated carbocycles. The number of pyridine rings is 1. The molecule has 0 fully saturated rings. The van der Waals surface area contributed by atoms with Crippen LogP contribution in [0.15, 0.2) is 91.3 Å². The van der Waals surface area contributed by atoms with Crippen LogP contribution in [0.3, 0.4) is 0 Å². The molecule has 5 aromatic rings. The molecule has 0 saturated heterocycles. The molecule has 0 atom stereocenters. The van der Waals surface area contributed by atoms with Gasteiger partial charge in [-0.1, -0.05) is 56.3 Å². The SMILES string of the molecule is CC.COc1ccc(-c2cnc3[nH]cc(-c4cc(F)cc(OCc5ccccc5)c4)c3c2)cc1. The number of aromatic amines is 1. The molecule has 0 unspecified atom stereocenters. The van der Waals surface area contributed by atoms with Crippen molar-refractivity contribution < 1.29 is 13.9 Å². The van der Waals surface area contributed by atoms with Gasteiger partial charge in [0.2, 0.25) is 0 Å². The third-order valence-corrected chi connectivity index (χ3v) is 5.39. The number of H-pyrrole nitrogens is 1. The van der Waals surface area contributed by atoms with E-state index in [0.717, 1.165) is 44.6 Å². The highest BCUT2D eigenvalue weighted by Crippen LogP contribution is 2.33. The van der Waals surface area contributed by atoms with E-state index in [1.165, 1.54) is 12.1 Å². The summed E-state index contributed by atoms with van der Waals surface area (Å²) in [5, 5.41) is 0.915. The average Bonchev–Trinajstić information content (AvgIpc) is 3.32. The smallest absolute Gasteiger partial charge is 0.137 e. The van der Waals surface area contributed by atoms with Gasteiger partial charge in [-0.3, -0.25) is 0 Å². The lowest BCUT2D eigenvalue weighted by Gasteiger charge is -2.09. The quantitative estimate of drug-likeness (QED) is 0.287. The van der Waals surface area contributed by atoms with Gasteiger partial charge in [-0.2, -0.15) is 0 Å². The van der Waals surface area contributed by atoms with Crippen LogP contribution in [-0.4, -0.2) is 17.1 Å². The fraction of sp³-hybridized carbons (Fsp3) is 0.138. The Morgan fingerprint density at radius 3 is 2.32 bits per heavy atom. The highest BCUT2D eigenvalue weighted by molar-refractivity contribution is 5.96. The molecule has 0 aliphatic heterocycles. The molecule has 5 heteroatoms. The second kappa shape index (κ2) is 10.7. The van der Waals surface area contributed by atoms with E-state index in [1.807, 2.05) is 86.9 Å². The lowest BCUT2D eigenvalue weighted by Crippen LogP contribution is -1.96. The number of nitrogens with one attached hydrogen (secondary N) is 1. The molecule has 172 valence electrons. The maximum atomic E-state index is 14.4.